The molecule has 1 aliphatic carbocycles. The molecule has 0 unspecified atom stereocenters. The Balaban J connectivity index is 1.58. The van der Waals surface area contributed by atoms with Crippen molar-refractivity contribution in [3.05, 3.63) is 11.7 Å². The predicted molar refractivity (Wildman–Crippen MR) is 64.4 cm³/mol. The molecule has 2 heterocycles. The lowest BCUT2D eigenvalue weighted by atomic mass is 9.75. The highest BCUT2D eigenvalue weighted by Crippen LogP contribution is 2.36. The molecule has 1 saturated heterocycles. The van der Waals surface area contributed by atoms with E-state index >= 15 is 0 Å². The SMILES string of the molecule is Cc1noc(CN2CC[C@H]3CCCC[C@@H]3C2)n1. The second-order valence-corrected chi connectivity index (χ2v) is 5.56. The Kier molecular flexibility index (Phi) is 3.14. The first-order valence-electron chi connectivity index (χ1n) is 6.83. The third-order valence-corrected chi connectivity index (χ3v) is 4.30. The molecule has 2 fully saturated rings. The zero-order valence-corrected chi connectivity index (χ0v) is 10.6. The van der Waals surface area contributed by atoms with E-state index in [0.717, 1.165) is 30.1 Å². The lowest BCUT2D eigenvalue weighted by molar-refractivity contribution is 0.0747. The molecule has 17 heavy (non-hydrogen) atoms. The van der Waals surface area contributed by atoms with Crippen LogP contribution in [0.4, 0.5) is 0 Å². The number of hydrogen-bond acceptors (Lipinski definition) is 4. The molecule has 0 aromatic carbocycles. The number of piperidine rings is 1. The zero-order chi connectivity index (χ0) is 11.7. The molecule has 94 valence electrons. The van der Waals surface area contributed by atoms with Crippen molar-refractivity contribution in [1.29, 1.82) is 0 Å². The highest BCUT2D eigenvalue weighted by Gasteiger charge is 2.31. The molecule has 2 aliphatic rings. The van der Waals surface area contributed by atoms with Gasteiger partial charge in [0.25, 0.3) is 0 Å². The highest BCUT2D eigenvalue weighted by molar-refractivity contribution is 4.87. The fraction of sp³-hybridized carbons (Fsp3) is 0.846. The summed E-state index contributed by atoms with van der Waals surface area (Å²) < 4.78 is 5.20. The first-order valence-corrected chi connectivity index (χ1v) is 6.83. The maximum absolute atomic E-state index is 5.20. The van der Waals surface area contributed by atoms with Crippen LogP contribution in [-0.2, 0) is 6.54 Å². The molecular formula is C13H21N3O. The molecule has 1 aromatic rings. The largest absolute Gasteiger partial charge is 0.338 e. The Bertz CT molecular complexity index is 376. The minimum absolute atomic E-state index is 0.743. The zero-order valence-electron chi connectivity index (χ0n) is 10.6. The van der Waals surface area contributed by atoms with E-state index < -0.39 is 0 Å². The first kappa shape index (κ1) is 11.2. The molecule has 1 aromatic heterocycles. The standard InChI is InChI=1S/C13H21N3O/c1-10-14-13(17-15-10)9-16-7-6-11-4-2-3-5-12(11)8-16/h11-12H,2-9H2,1H3/t11-,12-/m1/s1. The van der Waals surface area contributed by atoms with E-state index in [2.05, 4.69) is 15.0 Å². The Morgan fingerprint density at radius 1 is 1.24 bits per heavy atom. The molecule has 4 nitrogen and oxygen atoms in total. The number of likely N-dealkylation sites (tertiary alicyclic amines) is 1. The Morgan fingerprint density at radius 3 is 2.82 bits per heavy atom. The van der Waals surface area contributed by atoms with E-state index in [4.69, 9.17) is 4.52 Å². The van der Waals surface area contributed by atoms with E-state index in [9.17, 15) is 0 Å². The van der Waals surface area contributed by atoms with Gasteiger partial charge in [0.1, 0.15) is 0 Å². The van der Waals surface area contributed by atoms with Gasteiger partial charge in [-0.25, -0.2) is 0 Å². The minimum atomic E-state index is 0.743. The van der Waals surface area contributed by atoms with Crippen molar-refractivity contribution in [3.8, 4) is 0 Å². The van der Waals surface area contributed by atoms with Crippen molar-refractivity contribution in [2.45, 2.75) is 45.6 Å². The van der Waals surface area contributed by atoms with E-state index in [0.29, 0.717) is 0 Å². The smallest absolute Gasteiger partial charge is 0.240 e. The van der Waals surface area contributed by atoms with E-state index in [1.54, 1.807) is 0 Å². The van der Waals surface area contributed by atoms with Crippen LogP contribution in [0, 0.1) is 18.8 Å². The molecule has 2 atom stereocenters. The van der Waals surface area contributed by atoms with Gasteiger partial charge in [0.2, 0.25) is 5.89 Å². The average molecular weight is 235 g/mol. The minimum Gasteiger partial charge on any atom is -0.338 e. The molecule has 3 rings (SSSR count). The number of nitrogens with zero attached hydrogens (tertiary/aromatic N) is 3. The van der Waals surface area contributed by atoms with Gasteiger partial charge in [-0.3, -0.25) is 4.90 Å². The quantitative estimate of drug-likeness (QED) is 0.789. The van der Waals surface area contributed by atoms with Gasteiger partial charge < -0.3 is 4.52 Å². The summed E-state index contributed by atoms with van der Waals surface area (Å²) in [5, 5.41) is 3.85. The summed E-state index contributed by atoms with van der Waals surface area (Å²) in [6, 6.07) is 0. The molecule has 4 heteroatoms. The first-order chi connectivity index (χ1) is 8.31. The van der Waals surface area contributed by atoms with Gasteiger partial charge >= 0.3 is 0 Å². The summed E-state index contributed by atoms with van der Waals surface area (Å²) in [5.74, 6) is 3.43. The lowest BCUT2D eigenvalue weighted by Crippen LogP contribution is -2.41. The van der Waals surface area contributed by atoms with Crippen molar-refractivity contribution in [2.75, 3.05) is 13.1 Å². The van der Waals surface area contributed by atoms with E-state index in [-0.39, 0.29) is 0 Å². The lowest BCUT2D eigenvalue weighted by Gasteiger charge is -2.40. The van der Waals surface area contributed by atoms with Crippen molar-refractivity contribution >= 4 is 0 Å². The Morgan fingerprint density at radius 2 is 2.06 bits per heavy atom. The summed E-state index contributed by atoms with van der Waals surface area (Å²) in [7, 11) is 0. The van der Waals surface area contributed by atoms with Crippen LogP contribution in [0.3, 0.4) is 0 Å². The Hall–Kier alpha value is -0.900. The van der Waals surface area contributed by atoms with Crippen molar-refractivity contribution in [1.82, 2.24) is 15.0 Å². The van der Waals surface area contributed by atoms with Crippen LogP contribution < -0.4 is 0 Å². The van der Waals surface area contributed by atoms with Gasteiger partial charge in [-0.15, -0.1) is 0 Å². The van der Waals surface area contributed by atoms with Gasteiger partial charge in [-0.1, -0.05) is 24.4 Å². The molecule has 1 aliphatic heterocycles. The number of fused-ring (bicyclic) bond motifs is 1. The molecule has 0 bridgehead atoms. The fourth-order valence-electron chi connectivity index (χ4n) is 3.42. The van der Waals surface area contributed by atoms with Crippen LogP contribution in [0.15, 0.2) is 4.52 Å². The number of aromatic nitrogens is 2. The topological polar surface area (TPSA) is 42.2 Å². The van der Waals surface area contributed by atoms with Gasteiger partial charge in [-0.2, -0.15) is 4.98 Å². The van der Waals surface area contributed by atoms with Crippen LogP contribution in [0.2, 0.25) is 0 Å². The van der Waals surface area contributed by atoms with Gasteiger partial charge in [-0.05, 0) is 38.1 Å². The second-order valence-electron chi connectivity index (χ2n) is 5.56. The van der Waals surface area contributed by atoms with Crippen molar-refractivity contribution < 1.29 is 4.52 Å². The molecule has 0 amide bonds. The molecular weight excluding hydrogens is 214 g/mol. The Labute approximate surface area is 102 Å². The summed E-state index contributed by atoms with van der Waals surface area (Å²) in [6.45, 7) is 5.14. The van der Waals surface area contributed by atoms with Crippen molar-refractivity contribution in [2.24, 2.45) is 11.8 Å². The van der Waals surface area contributed by atoms with Crippen LogP contribution in [0.1, 0.15) is 43.8 Å². The normalized spacial score (nSPS) is 30.2. The van der Waals surface area contributed by atoms with Crippen molar-refractivity contribution in [3.63, 3.8) is 0 Å². The summed E-state index contributed by atoms with van der Waals surface area (Å²) >= 11 is 0. The van der Waals surface area contributed by atoms with Gasteiger partial charge in [0, 0.05) is 6.54 Å². The summed E-state index contributed by atoms with van der Waals surface area (Å²) in [6.07, 6.45) is 7.11. The van der Waals surface area contributed by atoms with Crippen LogP contribution in [0.25, 0.3) is 0 Å². The molecule has 0 radical (unpaired) electrons. The van der Waals surface area contributed by atoms with E-state index in [1.807, 2.05) is 6.92 Å². The molecule has 0 N–H and O–H groups in total. The molecule has 1 saturated carbocycles. The highest BCUT2D eigenvalue weighted by atomic mass is 16.5. The maximum Gasteiger partial charge on any atom is 0.240 e. The monoisotopic (exact) mass is 235 g/mol. The summed E-state index contributed by atoms with van der Waals surface area (Å²) in [5.41, 5.74) is 0. The number of hydrogen-bond donors (Lipinski definition) is 0. The second kappa shape index (κ2) is 4.77. The van der Waals surface area contributed by atoms with E-state index in [1.165, 1.54) is 45.2 Å². The predicted octanol–water partition coefficient (Wildman–Crippen LogP) is 2.39. The van der Waals surface area contributed by atoms with Gasteiger partial charge in [0.15, 0.2) is 5.82 Å². The van der Waals surface area contributed by atoms with Crippen LogP contribution >= 0.6 is 0 Å². The van der Waals surface area contributed by atoms with Crippen LogP contribution in [0.5, 0.6) is 0 Å². The average Bonchev–Trinajstić information content (AvgIpc) is 2.75. The fourth-order valence-corrected chi connectivity index (χ4v) is 3.42. The maximum atomic E-state index is 5.20. The summed E-state index contributed by atoms with van der Waals surface area (Å²) in [4.78, 5) is 6.77. The molecule has 0 spiro atoms. The third kappa shape index (κ3) is 2.51. The third-order valence-electron chi connectivity index (χ3n) is 4.30. The van der Waals surface area contributed by atoms with Crippen LogP contribution in [-0.4, -0.2) is 28.1 Å². The number of aryl methyl sites for hydroxylation is 1. The number of rotatable bonds is 2. The van der Waals surface area contributed by atoms with Gasteiger partial charge in [0.05, 0.1) is 6.54 Å².